The Morgan fingerprint density at radius 2 is 1.69 bits per heavy atom. The van der Waals surface area contributed by atoms with Crippen molar-refractivity contribution in [3.05, 3.63) is 65.0 Å². The highest BCUT2D eigenvalue weighted by Crippen LogP contribution is 2.23. The van der Waals surface area contributed by atoms with Crippen LogP contribution in [0.25, 0.3) is 0 Å². The normalized spacial score (nSPS) is 15.0. The summed E-state index contributed by atoms with van der Waals surface area (Å²) in [5, 5.41) is 2.99. The largest absolute Gasteiger partial charge is 0.352 e. The standard InChI is InChI=1S/C26H34FN3O4S/c1-18-13-19(2)15-23(14-18)30(35(4,33)34)17-25(31)29(16-21-9-5-8-12-24(21)27)20(3)26(32)28-22-10-6-7-11-22/h5,8-9,12-15,20,22H,6-7,10-11,16-17H2,1-4H3,(H,28,32). The number of hydrogen-bond donors (Lipinski definition) is 1. The monoisotopic (exact) mass is 503 g/mol. The number of benzene rings is 2. The Balaban J connectivity index is 1.91. The fourth-order valence-corrected chi connectivity index (χ4v) is 5.33. The minimum atomic E-state index is -3.81. The van der Waals surface area contributed by atoms with E-state index in [1.165, 1.54) is 11.0 Å². The minimum absolute atomic E-state index is 0.0538. The van der Waals surface area contributed by atoms with Gasteiger partial charge in [0.05, 0.1) is 11.9 Å². The zero-order chi connectivity index (χ0) is 25.8. The molecule has 0 saturated heterocycles. The van der Waals surface area contributed by atoms with Gasteiger partial charge in [0.25, 0.3) is 0 Å². The van der Waals surface area contributed by atoms with Gasteiger partial charge < -0.3 is 10.2 Å². The summed E-state index contributed by atoms with van der Waals surface area (Å²) in [5.41, 5.74) is 2.33. The predicted octanol–water partition coefficient (Wildman–Crippen LogP) is 3.68. The molecule has 1 atom stereocenters. The topological polar surface area (TPSA) is 86.8 Å². The summed E-state index contributed by atoms with van der Waals surface area (Å²) in [6.07, 6.45) is 4.88. The van der Waals surface area contributed by atoms with Crippen molar-refractivity contribution in [2.75, 3.05) is 17.1 Å². The molecule has 2 amide bonds. The van der Waals surface area contributed by atoms with Gasteiger partial charge in [-0.15, -0.1) is 0 Å². The SMILES string of the molecule is Cc1cc(C)cc(N(CC(=O)N(Cc2ccccc2F)C(C)C(=O)NC2CCCC2)S(C)(=O)=O)c1. The Hall–Kier alpha value is -2.94. The third kappa shape index (κ3) is 7.04. The molecular formula is C26H34FN3O4S. The zero-order valence-corrected chi connectivity index (χ0v) is 21.6. The number of aryl methyl sites for hydroxylation is 2. The molecule has 0 heterocycles. The van der Waals surface area contributed by atoms with Crippen molar-refractivity contribution in [1.29, 1.82) is 0 Å². The Bertz CT molecular complexity index is 1160. The molecule has 1 fully saturated rings. The smallest absolute Gasteiger partial charge is 0.244 e. The highest BCUT2D eigenvalue weighted by atomic mass is 32.2. The molecule has 1 N–H and O–H groups in total. The molecule has 0 aromatic heterocycles. The van der Waals surface area contributed by atoms with Crippen LogP contribution in [0.5, 0.6) is 0 Å². The lowest BCUT2D eigenvalue weighted by Crippen LogP contribution is -2.52. The molecule has 35 heavy (non-hydrogen) atoms. The van der Waals surface area contributed by atoms with Crippen LogP contribution in [0.2, 0.25) is 0 Å². The number of rotatable bonds is 9. The molecule has 0 spiro atoms. The van der Waals surface area contributed by atoms with Gasteiger partial charge in [0.15, 0.2) is 0 Å². The van der Waals surface area contributed by atoms with Gasteiger partial charge in [-0.25, -0.2) is 12.8 Å². The highest BCUT2D eigenvalue weighted by Gasteiger charge is 2.31. The first kappa shape index (κ1) is 26.7. The molecule has 2 aromatic carbocycles. The van der Waals surface area contributed by atoms with Gasteiger partial charge in [-0.05, 0) is 62.9 Å². The Kier molecular flexibility index (Phi) is 8.53. The first-order chi connectivity index (χ1) is 16.5. The molecular weight excluding hydrogens is 469 g/mol. The number of nitrogens with one attached hydrogen (secondary N) is 1. The summed E-state index contributed by atoms with van der Waals surface area (Å²) in [6.45, 7) is 4.62. The second kappa shape index (κ2) is 11.2. The van der Waals surface area contributed by atoms with Crippen molar-refractivity contribution in [1.82, 2.24) is 10.2 Å². The quantitative estimate of drug-likeness (QED) is 0.566. The van der Waals surface area contributed by atoms with Crippen LogP contribution in [0.1, 0.15) is 49.3 Å². The van der Waals surface area contributed by atoms with Crippen LogP contribution in [0.3, 0.4) is 0 Å². The first-order valence-corrected chi connectivity index (χ1v) is 13.7. The van der Waals surface area contributed by atoms with Crippen molar-refractivity contribution in [3.8, 4) is 0 Å². The van der Waals surface area contributed by atoms with E-state index in [0.29, 0.717) is 5.69 Å². The third-order valence-electron chi connectivity index (χ3n) is 6.34. The van der Waals surface area contributed by atoms with E-state index in [4.69, 9.17) is 0 Å². The van der Waals surface area contributed by atoms with E-state index in [-0.39, 0.29) is 24.1 Å². The van der Waals surface area contributed by atoms with Crippen LogP contribution in [-0.4, -0.2) is 50.0 Å². The van der Waals surface area contributed by atoms with E-state index in [1.807, 2.05) is 19.9 Å². The highest BCUT2D eigenvalue weighted by molar-refractivity contribution is 7.92. The van der Waals surface area contributed by atoms with E-state index in [1.54, 1.807) is 37.3 Å². The number of hydrogen-bond acceptors (Lipinski definition) is 4. The van der Waals surface area contributed by atoms with Crippen molar-refractivity contribution in [2.24, 2.45) is 0 Å². The predicted molar refractivity (Wildman–Crippen MR) is 135 cm³/mol. The number of carbonyl (C=O) groups is 2. The summed E-state index contributed by atoms with van der Waals surface area (Å²) >= 11 is 0. The molecule has 190 valence electrons. The lowest BCUT2D eigenvalue weighted by atomic mass is 10.1. The van der Waals surface area contributed by atoms with E-state index < -0.39 is 34.3 Å². The fraction of sp³-hybridized carbons (Fsp3) is 0.462. The van der Waals surface area contributed by atoms with Gasteiger partial charge in [-0.3, -0.25) is 13.9 Å². The lowest BCUT2D eigenvalue weighted by Gasteiger charge is -2.32. The maximum absolute atomic E-state index is 14.5. The van der Waals surface area contributed by atoms with Crippen LogP contribution in [-0.2, 0) is 26.2 Å². The van der Waals surface area contributed by atoms with Crippen LogP contribution in [0, 0.1) is 19.7 Å². The van der Waals surface area contributed by atoms with Crippen molar-refractivity contribution in [3.63, 3.8) is 0 Å². The van der Waals surface area contributed by atoms with Gasteiger partial charge in [0.2, 0.25) is 21.8 Å². The Morgan fingerprint density at radius 3 is 2.26 bits per heavy atom. The summed E-state index contributed by atoms with van der Waals surface area (Å²) in [7, 11) is -3.81. The second-order valence-electron chi connectivity index (χ2n) is 9.39. The van der Waals surface area contributed by atoms with Crippen LogP contribution in [0.15, 0.2) is 42.5 Å². The number of sulfonamides is 1. The molecule has 1 aliphatic carbocycles. The Morgan fingerprint density at radius 1 is 1.09 bits per heavy atom. The molecule has 1 saturated carbocycles. The molecule has 0 radical (unpaired) electrons. The Labute approximate surface area is 207 Å². The molecule has 0 bridgehead atoms. The summed E-state index contributed by atoms with van der Waals surface area (Å²) in [5.74, 6) is -1.42. The van der Waals surface area contributed by atoms with Gasteiger partial charge in [0.1, 0.15) is 18.4 Å². The van der Waals surface area contributed by atoms with Crippen LogP contribution >= 0.6 is 0 Å². The summed E-state index contributed by atoms with van der Waals surface area (Å²) in [6, 6.07) is 10.5. The van der Waals surface area contributed by atoms with E-state index in [0.717, 1.165) is 47.4 Å². The summed E-state index contributed by atoms with van der Waals surface area (Å²) in [4.78, 5) is 27.8. The molecule has 0 aliphatic heterocycles. The van der Waals surface area contributed by atoms with Gasteiger partial charge >= 0.3 is 0 Å². The number of carbonyl (C=O) groups excluding carboxylic acids is 2. The number of amides is 2. The summed E-state index contributed by atoms with van der Waals surface area (Å²) < 4.78 is 40.8. The van der Waals surface area contributed by atoms with Gasteiger partial charge in [0, 0.05) is 18.2 Å². The molecule has 1 unspecified atom stereocenters. The molecule has 1 aliphatic rings. The second-order valence-corrected chi connectivity index (χ2v) is 11.3. The number of nitrogens with zero attached hydrogens (tertiary/aromatic N) is 2. The van der Waals surface area contributed by atoms with E-state index >= 15 is 0 Å². The average Bonchev–Trinajstić information content (AvgIpc) is 3.27. The lowest BCUT2D eigenvalue weighted by molar-refractivity contribution is -0.139. The van der Waals surface area contributed by atoms with Gasteiger partial charge in [-0.1, -0.05) is 37.1 Å². The van der Waals surface area contributed by atoms with E-state index in [2.05, 4.69) is 5.32 Å². The molecule has 3 rings (SSSR count). The minimum Gasteiger partial charge on any atom is -0.352 e. The van der Waals surface area contributed by atoms with Crippen molar-refractivity contribution >= 4 is 27.5 Å². The van der Waals surface area contributed by atoms with Crippen LogP contribution in [0.4, 0.5) is 10.1 Å². The van der Waals surface area contributed by atoms with Crippen LogP contribution < -0.4 is 9.62 Å². The maximum atomic E-state index is 14.5. The van der Waals surface area contributed by atoms with Crippen molar-refractivity contribution in [2.45, 2.75) is 65.1 Å². The van der Waals surface area contributed by atoms with Gasteiger partial charge in [-0.2, -0.15) is 0 Å². The van der Waals surface area contributed by atoms with Crippen molar-refractivity contribution < 1.29 is 22.4 Å². The maximum Gasteiger partial charge on any atom is 0.244 e. The fourth-order valence-electron chi connectivity index (χ4n) is 4.49. The number of anilines is 1. The molecule has 9 heteroatoms. The molecule has 7 nitrogen and oxygen atoms in total. The zero-order valence-electron chi connectivity index (χ0n) is 20.8. The average molecular weight is 504 g/mol. The van der Waals surface area contributed by atoms with E-state index in [9.17, 15) is 22.4 Å². The molecule has 2 aromatic rings. The third-order valence-corrected chi connectivity index (χ3v) is 7.48. The first-order valence-electron chi connectivity index (χ1n) is 11.8. The number of halogens is 1.